The molecule has 0 fully saturated rings. The first-order valence-corrected chi connectivity index (χ1v) is 11.8. The third-order valence-corrected chi connectivity index (χ3v) is 6.96. The topological polar surface area (TPSA) is 92.7 Å². The van der Waals surface area contributed by atoms with Crippen molar-refractivity contribution in [3.8, 4) is 45.6 Å². The lowest BCUT2D eigenvalue weighted by Crippen LogP contribution is -2.37. The number of methoxy groups -OCH3 is 5. The van der Waals surface area contributed by atoms with Crippen LogP contribution in [0.1, 0.15) is 38.8 Å². The molecule has 0 aliphatic heterocycles. The van der Waals surface area contributed by atoms with Crippen LogP contribution in [-0.4, -0.2) is 52.2 Å². The number of hydrogen-bond donors (Lipinski definition) is 1. The van der Waals surface area contributed by atoms with Crippen molar-refractivity contribution in [2.24, 2.45) is 5.92 Å². The summed E-state index contributed by atoms with van der Waals surface area (Å²) in [7, 11) is 7.63. The summed E-state index contributed by atoms with van der Waals surface area (Å²) in [6.45, 7) is 7.25. The average molecular weight is 501 g/mol. The average Bonchev–Trinajstić information content (AvgIpc) is 2.86. The van der Waals surface area contributed by atoms with Crippen LogP contribution in [0.5, 0.6) is 34.5 Å². The molecule has 0 heterocycles. The van der Waals surface area contributed by atoms with Crippen LogP contribution in [0, 0.1) is 5.92 Å². The number of esters is 1. The number of ether oxygens (including phenoxy) is 6. The maximum absolute atomic E-state index is 13.0. The van der Waals surface area contributed by atoms with Crippen molar-refractivity contribution >= 4 is 5.97 Å². The molecule has 0 aromatic heterocycles. The maximum Gasteiger partial charge on any atom is 0.338 e. The van der Waals surface area contributed by atoms with Gasteiger partial charge in [0.25, 0.3) is 0 Å². The first kappa shape index (κ1) is 27.2. The van der Waals surface area contributed by atoms with E-state index in [1.54, 1.807) is 27.0 Å². The fourth-order valence-corrected chi connectivity index (χ4v) is 4.57. The van der Waals surface area contributed by atoms with Crippen LogP contribution in [0.3, 0.4) is 0 Å². The van der Waals surface area contributed by atoms with Gasteiger partial charge in [0.05, 0.1) is 41.2 Å². The van der Waals surface area contributed by atoms with E-state index >= 15 is 0 Å². The van der Waals surface area contributed by atoms with Gasteiger partial charge in [-0.25, -0.2) is 4.79 Å². The number of aliphatic hydroxyl groups is 1. The summed E-state index contributed by atoms with van der Waals surface area (Å²) in [6, 6.07) is 3.68. The number of allylic oxidation sites excluding steroid dienone is 1. The molecule has 1 N–H and O–H groups in total. The number of benzene rings is 2. The second-order valence-corrected chi connectivity index (χ2v) is 9.16. The molecule has 0 saturated carbocycles. The Morgan fingerprint density at radius 1 is 0.889 bits per heavy atom. The van der Waals surface area contributed by atoms with Crippen molar-refractivity contribution in [2.45, 2.75) is 46.1 Å². The Kier molecular flexibility index (Phi) is 8.09. The summed E-state index contributed by atoms with van der Waals surface area (Å²) in [5.41, 5.74) is 2.17. The van der Waals surface area contributed by atoms with Gasteiger partial charge in [0, 0.05) is 23.1 Å². The highest BCUT2D eigenvalue weighted by atomic mass is 16.6. The molecule has 36 heavy (non-hydrogen) atoms. The Morgan fingerprint density at radius 3 is 1.89 bits per heavy atom. The summed E-state index contributed by atoms with van der Waals surface area (Å²) >= 11 is 0. The standard InChI is InChI=1S/C28H36O8/c1-10-15(2)27(29)36-26-21-17(12-19(31-5)24(26)34-8)11-16(3)28(4,30)14-18-13-20(32-6)23(33-7)25(35-9)22(18)21/h10,12-13,16,30H,11,14H2,1-9H3/b15-10-/t16-,28+/m1/s1. The molecule has 0 saturated heterocycles. The number of hydrogen-bond acceptors (Lipinski definition) is 8. The molecular weight excluding hydrogens is 464 g/mol. The van der Waals surface area contributed by atoms with Gasteiger partial charge in [0.15, 0.2) is 23.0 Å². The Labute approximate surface area is 212 Å². The second-order valence-electron chi connectivity index (χ2n) is 9.16. The van der Waals surface area contributed by atoms with E-state index in [9.17, 15) is 9.90 Å². The molecule has 0 amide bonds. The monoisotopic (exact) mass is 500 g/mol. The number of carbonyl (C=O) groups is 1. The highest BCUT2D eigenvalue weighted by Gasteiger charge is 2.38. The second kappa shape index (κ2) is 10.7. The molecule has 1 aliphatic rings. The minimum Gasteiger partial charge on any atom is -0.493 e. The van der Waals surface area contributed by atoms with Crippen LogP contribution in [0.25, 0.3) is 11.1 Å². The fraction of sp³-hybridized carbons (Fsp3) is 0.464. The van der Waals surface area contributed by atoms with Gasteiger partial charge in [-0.3, -0.25) is 0 Å². The van der Waals surface area contributed by atoms with Gasteiger partial charge in [-0.15, -0.1) is 0 Å². The number of fused-ring (bicyclic) bond motifs is 3. The first-order valence-electron chi connectivity index (χ1n) is 11.8. The van der Waals surface area contributed by atoms with Crippen molar-refractivity contribution in [1.82, 2.24) is 0 Å². The van der Waals surface area contributed by atoms with Crippen LogP contribution in [0.4, 0.5) is 0 Å². The van der Waals surface area contributed by atoms with E-state index in [4.69, 9.17) is 28.4 Å². The summed E-state index contributed by atoms with van der Waals surface area (Å²) < 4.78 is 34.5. The zero-order valence-corrected chi connectivity index (χ0v) is 22.5. The summed E-state index contributed by atoms with van der Waals surface area (Å²) in [5, 5.41) is 11.5. The van der Waals surface area contributed by atoms with Gasteiger partial charge in [-0.05, 0) is 56.4 Å². The molecule has 196 valence electrons. The third kappa shape index (κ3) is 4.69. The molecule has 2 aromatic carbocycles. The first-order chi connectivity index (χ1) is 17.1. The lowest BCUT2D eigenvalue weighted by Gasteiger charge is -2.36. The van der Waals surface area contributed by atoms with E-state index in [2.05, 4.69) is 0 Å². The molecule has 8 nitrogen and oxygen atoms in total. The van der Waals surface area contributed by atoms with Gasteiger partial charge in [-0.2, -0.15) is 0 Å². The lowest BCUT2D eigenvalue weighted by molar-refractivity contribution is -0.130. The lowest BCUT2D eigenvalue weighted by atomic mass is 9.75. The molecule has 0 unspecified atom stereocenters. The van der Waals surface area contributed by atoms with Crippen molar-refractivity contribution in [3.05, 3.63) is 34.9 Å². The van der Waals surface area contributed by atoms with Crippen molar-refractivity contribution in [2.75, 3.05) is 35.5 Å². The quantitative estimate of drug-likeness (QED) is 0.331. The summed E-state index contributed by atoms with van der Waals surface area (Å²) in [5.74, 6) is 1.46. The molecule has 0 radical (unpaired) electrons. The number of rotatable bonds is 7. The highest BCUT2D eigenvalue weighted by Crippen LogP contribution is 2.56. The van der Waals surface area contributed by atoms with Crippen LogP contribution in [-0.2, 0) is 17.6 Å². The minimum absolute atomic E-state index is 0.151. The zero-order chi connectivity index (χ0) is 26.8. The van der Waals surface area contributed by atoms with Crippen molar-refractivity contribution in [3.63, 3.8) is 0 Å². The fourth-order valence-electron chi connectivity index (χ4n) is 4.57. The zero-order valence-electron chi connectivity index (χ0n) is 22.5. The SMILES string of the molecule is C/C=C(/C)C(=O)Oc1c(OC)c(OC)cc2c1-c1c(cc(OC)c(OC)c1OC)C[C@](C)(O)[C@H](C)C2. The van der Waals surface area contributed by atoms with Gasteiger partial charge in [0.2, 0.25) is 11.5 Å². The van der Waals surface area contributed by atoms with Crippen molar-refractivity contribution in [1.29, 1.82) is 0 Å². The van der Waals surface area contributed by atoms with Crippen LogP contribution in [0.15, 0.2) is 23.8 Å². The van der Waals surface area contributed by atoms with Crippen LogP contribution < -0.4 is 28.4 Å². The smallest absolute Gasteiger partial charge is 0.338 e. The van der Waals surface area contributed by atoms with Crippen LogP contribution >= 0.6 is 0 Å². The molecule has 8 heteroatoms. The number of carbonyl (C=O) groups excluding carboxylic acids is 1. The minimum atomic E-state index is -1.05. The molecule has 1 aliphatic carbocycles. The van der Waals surface area contributed by atoms with Crippen molar-refractivity contribution < 1.29 is 38.3 Å². The van der Waals surface area contributed by atoms with E-state index in [-0.39, 0.29) is 17.4 Å². The Morgan fingerprint density at radius 2 is 1.39 bits per heavy atom. The molecule has 0 bridgehead atoms. The largest absolute Gasteiger partial charge is 0.493 e. The molecule has 2 aromatic rings. The van der Waals surface area contributed by atoms with Gasteiger partial charge in [0.1, 0.15) is 0 Å². The van der Waals surface area contributed by atoms with E-state index in [1.165, 1.54) is 28.4 Å². The van der Waals surface area contributed by atoms with E-state index in [1.807, 2.05) is 26.0 Å². The van der Waals surface area contributed by atoms with Gasteiger partial charge in [-0.1, -0.05) is 13.0 Å². The third-order valence-electron chi connectivity index (χ3n) is 6.96. The van der Waals surface area contributed by atoms with Crippen LogP contribution in [0.2, 0.25) is 0 Å². The summed E-state index contributed by atoms with van der Waals surface area (Å²) in [6.07, 6.45) is 2.46. The Hall–Kier alpha value is -3.39. The van der Waals surface area contributed by atoms with Gasteiger partial charge >= 0.3 is 5.97 Å². The molecule has 0 spiro atoms. The molecular formula is C28H36O8. The summed E-state index contributed by atoms with van der Waals surface area (Å²) in [4.78, 5) is 13.0. The van der Waals surface area contributed by atoms with Gasteiger partial charge < -0.3 is 33.5 Å². The Balaban J connectivity index is 2.56. The van der Waals surface area contributed by atoms with E-state index in [0.29, 0.717) is 52.5 Å². The molecule has 2 atom stereocenters. The maximum atomic E-state index is 13.0. The predicted molar refractivity (Wildman–Crippen MR) is 137 cm³/mol. The predicted octanol–water partition coefficient (Wildman–Crippen LogP) is 4.75. The Bertz CT molecular complexity index is 1180. The van der Waals surface area contributed by atoms with E-state index < -0.39 is 11.6 Å². The molecule has 3 rings (SSSR count). The highest BCUT2D eigenvalue weighted by molar-refractivity contribution is 5.94. The normalized spacial score (nSPS) is 19.3. The van der Waals surface area contributed by atoms with E-state index in [0.717, 1.165) is 11.1 Å².